The highest BCUT2D eigenvalue weighted by Gasteiger charge is 2.47. The molecule has 1 rings (SSSR count). The van der Waals surface area contributed by atoms with Gasteiger partial charge in [0.25, 0.3) is 0 Å². The molecule has 0 saturated carbocycles. The molecule has 0 bridgehead atoms. The van der Waals surface area contributed by atoms with Crippen LogP contribution in [0.5, 0.6) is 0 Å². The number of alkyl halides is 3. The fourth-order valence-electron chi connectivity index (χ4n) is 3.21. The minimum Gasteiger partial charge on any atom is -0.465 e. The lowest BCUT2D eigenvalue weighted by molar-refractivity contribution is -0.147. The summed E-state index contributed by atoms with van der Waals surface area (Å²) < 4.78 is 26.9. The van der Waals surface area contributed by atoms with E-state index in [1.54, 1.807) is 6.07 Å². The first-order valence-electron chi connectivity index (χ1n) is 8.94. The van der Waals surface area contributed by atoms with Gasteiger partial charge in [0.1, 0.15) is 0 Å². The van der Waals surface area contributed by atoms with Crippen LogP contribution in [0.25, 0.3) is 0 Å². The first-order chi connectivity index (χ1) is 13.5. The number of hydrogen-bond donors (Lipinski definition) is 1. The van der Waals surface area contributed by atoms with Crippen molar-refractivity contribution in [3.63, 3.8) is 0 Å². The molecule has 1 aromatic carbocycles. The highest BCUT2D eigenvalue weighted by Crippen LogP contribution is 2.39. The molecule has 1 atom stereocenters. The molecule has 10 heteroatoms. The van der Waals surface area contributed by atoms with Crippen molar-refractivity contribution in [1.29, 1.82) is 0 Å². The summed E-state index contributed by atoms with van der Waals surface area (Å²) in [7, 11) is 1.13. The van der Waals surface area contributed by atoms with Gasteiger partial charge in [-0.15, -0.1) is 6.58 Å². The Morgan fingerprint density at radius 3 is 2.13 bits per heavy atom. The van der Waals surface area contributed by atoms with Crippen LogP contribution in [0.2, 0.25) is 10.0 Å². The summed E-state index contributed by atoms with van der Waals surface area (Å²) in [4.78, 5) is 26.2. The van der Waals surface area contributed by atoms with Crippen LogP contribution in [0, 0.1) is 5.41 Å². The average molecular weight is 486 g/mol. The zero-order valence-corrected chi connectivity index (χ0v) is 19.5. The van der Waals surface area contributed by atoms with E-state index in [2.05, 4.69) is 6.58 Å². The van der Waals surface area contributed by atoms with Crippen LogP contribution in [0.3, 0.4) is 0 Å². The van der Waals surface area contributed by atoms with Crippen molar-refractivity contribution >= 4 is 46.8 Å². The molecule has 0 saturated heterocycles. The molecular weight excluding hydrogens is 461 g/mol. The van der Waals surface area contributed by atoms with Gasteiger partial charge >= 0.3 is 17.4 Å². The monoisotopic (exact) mass is 484 g/mol. The van der Waals surface area contributed by atoms with Crippen molar-refractivity contribution in [2.24, 2.45) is 5.41 Å². The Hall–Kier alpha value is -1.57. The highest BCUT2D eigenvalue weighted by molar-refractivity contribution is 6.42. The number of carbonyl (C=O) groups is 2. The molecule has 168 valence electrons. The van der Waals surface area contributed by atoms with E-state index in [0.29, 0.717) is 10.5 Å². The SMILES string of the molecule is C=CCC(CN(C)C(=O)C(F)(F)Cl)(c1ccc(Cl)c(Cl)c1)N(CC(C)(C)C)C(=O)O. The molecule has 0 radical (unpaired) electrons. The van der Waals surface area contributed by atoms with Gasteiger partial charge in [-0.05, 0) is 41.1 Å². The van der Waals surface area contributed by atoms with Crippen molar-refractivity contribution in [2.75, 3.05) is 20.1 Å². The molecule has 5 nitrogen and oxygen atoms in total. The van der Waals surface area contributed by atoms with Crippen molar-refractivity contribution in [3.8, 4) is 0 Å². The second kappa shape index (κ2) is 9.71. The number of halogens is 5. The smallest absolute Gasteiger partial charge is 0.408 e. The molecule has 0 aliphatic carbocycles. The Bertz CT molecular complexity index is 809. The van der Waals surface area contributed by atoms with E-state index in [0.717, 1.165) is 11.9 Å². The van der Waals surface area contributed by atoms with Crippen molar-refractivity contribution in [3.05, 3.63) is 46.5 Å². The summed E-state index contributed by atoms with van der Waals surface area (Å²) in [6, 6.07) is 4.49. The average Bonchev–Trinajstić information content (AvgIpc) is 2.59. The quantitative estimate of drug-likeness (QED) is 0.358. The van der Waals surface area contributed by atoms with Gasteiger partial charge in [-0.3, -0.25) is 9.69 Å². The zero-order valence-electron chi connectivity index (χ0n) is 17.2. The minimum absolute atomic E-state index is 0.0127. The molecule has 0 aliphatic heterocycles. The third-order valence-electron chi connectivity index (χ3n) is 4.41. The zero-order chi connectivity index (χ0) is 23.5. The maximum Gasteiger partial charge on any atom is 0.408 e. The predicted molar refractivity (Wildman–Crippen MR) is 116 cm³/mol. The van der Waals surface area contributed by atoms with Gasteiger partial charge in [0.05, 0.1) is 15.6 Å². The second-order valence-electron chi connectivity index (χ2n) is 8.24. The van der Waals surface area contributed by atoms with Gasteiger partial charge < -0.3 is 10.0 Å². The van der Waals surface area contributed by atoms with Gasteiger partial charge in [0.2, 0.25) is 0 Å². The summed E-state index contributed by atoms with van der Waals surface area (Å²) in [5.74, 6) is -1.65. The Morgan fingerprint density at radius 1 is 1.17 bits per heavy atom. The van der Waals surface area contributed by atoms with E-state index in [1.807, 2.05) is 20.8 Å². The number of amides is 2. The van der Waals surface area contributed by atoms with Gasteiger partial charge in [-0.25, -0.2) is 4.79 Å². The second-order valence-corrected chi connectivity index (χ2v) is 9.53. The molecule has 1 aromatic rings. The Labute approximate surface area is 190 Å². The number of likely N-dealkylation sites (N-methyl/N-ethyl adjacent to an activating group) is 1. The summed E-state index contributed by atoms with van der Waals surface area (Å²) in [6.07, 6.45) is 0.174. The van der Waals surface area contributed by atoms with Crippen molar-refractivity contribution < 1.29 is 23.5 Å². The van der Waals surface area contributed by atoms with Crippen LogP contribution >= 0.6 is 34.8 Å². The maximum absolute atomic E-state index is 13.5. The van der Waals surface area contributed by atoms with Crippen LogP contribution in [-0.2, 0) is 10.3 Å². The molecule has 0 heterocycles. The van der Waals surface area contributed by atoms with Crippen LogP contribution in [0.15, 0.2) is 30.9 Å². The van der Waals surface area contributed by atoms with E-state index in [-0.39, 0.29) is 23.0 Å². The molecule has 1 unspecified atom stereocenters. The van der Waals surface area contributed by atoms with E-state index >= 15 is 0 Å². The number of carbonyl (C=O) groups excluding carboxylic acids is 1. The first-order valence-corrected chi connectivity index (χ1v) is 10.1. The Balaban J connectivity index is 3.75. The van der Waals surface area contributed by atoms with Gasteiger partial charge in [0.15, 0.2) is 0 Å². The lowest BCUT2D eigenvalue weighted by Crippen LogP contribution is -2.58. The summed E-state index contributed by atoms with van der Waals surface area (Å²) in [6.45, 7) is 8.81. The van der Waals surface area contributed by atoms with Crippen molar-refractivity contribution in [1.82, 2.24) is 9.80 Å². The molecule has 1 N–H and O–H groups in total. The van der Waals surface area contributed by atoms with Gasteiger partial charge in [0, 0.05) is 20.1 Å². The predicted octanol–water partition coefficient (Wildman–Crippen LogP) is 6.08. The van der Waals surface area contributed by atoms with E-state index in [9.17, 15) is 23.5 Å². The largest absolute Gasteiger partial charge is 0.465 e. The van der Waals surface area contributed by atoms with Crippen molar-refractivity contribution in [2.45, 2.75) is 38.1 Å². The Kier molecular flexibility index (Phi) is 8.56. The van der Waals surface area contributed by atoms with Gasteiger partial charge in [-0.2, -0.15) is 8.78 Å². The van der Waals surface area contributed by atoms with Crippen LogP contribution in [0.4, 0.5) is 13.6 Å². The minimum atomic E-state index is -4.13. The highest BCUT2D eigenvalue weighted by atomic mass is 35.5. The lowest BCUT2D eigenvalue weighted by atomic mass is 9.82. The molecule has 30 heavy (non-hydrogen) atoms. The van der Waals surface area contributed by atoms with E-state index < -0.39 is 34.9 Å². The standard InChI is InChI=1S/C20H25Cl3F2N2O3/c1-6-9-19(12-26(5)16(28)20(23,24)25,13-7-8-14(21)15(22)10-13)27(17(29)30)11-18(2,3)4/h6-8,10H,1,9,11-12H2,2-5H3,(H,29,30). The topological polar surface area (TPSA) is 60.9 Å². The molecule has 0 aliphatic rings. The fraction of sp³-hybridized carbons (Fsp3) is 0.500. The summed E-state index contributed by atoms with van der Waals surface area (Å²) in [5.41, 5.74) is -1.58. The fourth-order valence-corrected chi connectivity index (χ4v) is 3.65. The number of nitrogens with zero attached hydrogens (tertiary/aromatic N) is 2. The van der Waals surface area contributed by atoms with Gasteiger partial charge in [-0.1, -0.05) is 56.1 Å². The lowest BCUT2D eigenvalue weighted by Gasteiger charge is -2.47. The van der Waals surface area contributed by atoms with Crippen LogP contribution in [0.1, 0.15) is 32.8 Å². The third kappa shape index (κ3) is 6.46. The molecule has 0 fully saturated rings. The molecule has 0 spiro atoms. The Morgan fingerprint density at radius 2 is 1.73 bits per heavy atom. The maximum atomic E-state index is 13.5. The first kappa shape index (κ1) is 26.5. The van der Waals surface area contributed by atoms with E-state index in [1.165, 1.54) is 18.2 Å². The number of hydrogen-bond acceptors (Lipinski definition) is 2. The normalized spacial score (nSPS) is 14.0. The molecular formula is C20H25Cl3F2N2O3. The summed E-state index contributed by atoms with van der Waals surface area (Å²) in [5, 5.41) is 6.31. The number of benzene rings is 1. The number of carboxylic acid groups (broad SMARTS) is 1. The van der Waals surface area contributed by atoms with E-state index in [4.69, 9.17) is 34.8 Å². The molecule has 0 aromatic heterocycles. The third-order valence-corrected chi connectivity index (χ3v) is 5.31. The summed E-state index contributed by atoms with van der Waals surface area (Å²) >= 11 is 17.1. The number of rotatable bonds is 8. The van der Waals surface area contributed by atoms with Crippen LogP contribution < -0.4 is 0 Å². The molecule has 2 amide bonds. The van der Waals surface area contributed by atoms with Crippen LogP contribution in [-0.4, -0.2) is 52.4 Å².